The predicted octanol–water partition coefficient (Wildman–Crippen LogP) is 2.84. The van der Waals surface area contributed by atoms with Crippen LogP contribution in [-0.2, 0) is 4.79 Å². The van der Waals surface area contributed by atoms with Gasteiger partial charge in [0.05, 0.1) is 5.92 Å². The van der Waals surface area contributed by atoms with E-state index in [1.807, 2.05) is 6.08 Å². The number of allylic oxidation sites excluding steroid dienone is 2. The molecule has 0 aromatic carbocycles. The zero-order valence-electron chi connectivity index (χ0n) is 8.13. The van der Waals surface area contributed by atoms with E-state index in [-0.39, 0.29) is 5.92 Å². The molecular weight excluding hydrogens is 152 g/mol. The highest BCUT2D eigenvalue weighted by molar-refractivity contribution is 5.69. The van der Waals surface area contributed by atoms with Gasteiger partial charge in [0, 0.05) is 0 Å². The maximum Gasteiger partial charge on any atom is 0.306 e. The number of carboxylic acids is 1. The molecule has 0 aliphatic heterocycles. The number of carboxylic acid groups (broad SMARTS) is 1. The summed E-state index contributed by atoms with van der Waals surface area (Å²) in [6.45, 7) is 5.91. The average molecular weight is 170 g/mol. The highest BCUT2D eigenvalue weighted by Crippen LogP contribution is 2.09. The van der Waals surface area contributed by atoms with Gasteiger partial charge in [0.2, 0.25) is 0 Å². The van der Waals surface area contributed by atoms with Crippen LogP contribution >= 0.6 is 0 Å². The topological polar surface area (TPSA) is 37.3 Å². The number of hydrogen-bond donors (Lipinski definition) is 1. The van der Waals surface area contributed by atoms with Crippen molar-refractivity contribution in [2.45, 2.75) is 40.0 Å². The lowest BCUT2D eigenvalue weighted by molar-refractivity contribution is -0.140. The van der Waals surface area contributed by atoms with Crippen molar-refractivity contribution in [2.24, 2.45) is 5.92 Å². The van der Waals surface area contributed by atoms with Crippen LogP contribution in [0.5, 0.6) is 0 Å². The van der Waals surface area contributed by atoms with Crippen molar-refractivity contribution in [3.63, 3.8) is 0 Å². The lowest BCUT2D eigenvalue weighted by atomic mass is 10.0. The molecule has 0 saturated carbocycles. The number of rotatable bonds is 5. The molecule has 12 heavy (non-hydrogen) atoms. The molecule has 0 bridgehead atoms. The maximum absolute atomic E-state index is 10.4. The first kappa shape index (κ1) is 11.2. The second-order valence-electron chi connectivity index (χ2n) is 3.28. The van der Waals surface area contributed by atoms with Gasteiger partial charge in [0.15, 0.2) is 0 Å². The summed E-state index contributed by atoms with van der Waals surface area (Å²) < 4.78 is 0. The minimum absolute atomic E-state index is 0.253. The third kappa shape index (κ3) is 4.94. The molecule has 0 amide bonds. The first-order valence-electron chi connectivity index (χ1n) is 4.46. The van der Waals surface area contributed by atoms with Crippen LogP contribution in [0.15, 0.2) is 11.6 Å². The van der Waals surface area contributed by atoms with E-state index in [1.54, 1.807) is 6.92 Å². The summed E-state index contributed by atoms with van der Waals surface area (Å²) in [7, 11) is 0. The molecule has 1 N–H and O–H groups in total. The van der Waals surface area contributed by atoms with Gasteiger partial charge in [-0.15, -0.1) is 0 Å². The lowest BCUT2D eigenvalue weighted by Gasteiger charge is -2.02. The molecule has 0 rings (SSSR count). The molecule has 2 heteroatoms. The first-order chi connectivity index (χ1) is 5.57. The van der Waals surface area contributed by atoms with E-state index in [0.29, 0.717) is 6.42 Å². The minimum atomic E-state index is -0.712. The summed E-state index contributed by atoms with van der Waals surface area (Å²) in [4.78, 5) is 10.4. The van der Waals surface area contributed by atoms with Crippen LogP contribution in [0.25, 0.3) is 0 Å². The van der Waals surface area contributed by atoms with Crippen molar-refractivity contribution in [1.29, 1.82) is 0 Å². The van der Waals surface area contributed by atoms with Gasteiger partial charge in [-0.25, -0.2) is 0 Å². The SMILES string of the molecule is CCCC(C)=CCC(C)C(=O)O. The standard InChI is InChI=1S/C10H18O2/c1-4-5-8(2)6-7-9(3)10(11)12/h6,9H,4-5,7H2,1-3H3,(H,11,12). The van der Waals surface area contributed by atoms with Crippen molar-refractivity contribution < 1.29 is 9.90 Å². The Bertz CT molecular complexity index is 171. The molecular formula is C10H18O2. The van der Waals surface area contributed by atoms with Crippen molar-refractivity contribution in [2.75, 3.05) is 0 Å². The Morgan fingerprint density at radius 2 is 2.17 bits per heavy atom. The quantitative estimate of drug-likeness (QED) is 0.644. The molecule has 0 aromatic heterocycles. The van der Waals surface area contributed by atoms with E-state index in [1.165, 1.54) is 5.57 Å². The van der Waals surface area contributed by atoms with Crippen LogP contribution < -0.4 is 0 Å². The zero-order chi connectivity index (χ0) is 9.56. The second-order valence-corrected chi connectivity index (χ2v) is 3.28. The Hall–Kier alpha value is -0.790. The normalized spacial score (nSPS) is 14.4. The molecule has 2 nitrogen and oxygen atoms in total. The molecule has 0 saturated heterocycles. The Morgan fingerprint density at radius 3 is 2.58 bits per heavy atom. The van der Waals surface area contributed by atoms with Crippen LogP contribution in [0.3, 0.4) is 0 Å². The zero-order valence-corrected chi connectivity index (χ0v) is 8.13. The molecule has 1 unspecified atom stereocenters. The van der Waals surface area contributed by atoms with Gasteiger partial charge >= 0.3 is 5.97 Å². The van der Waals surface area contributed by atoms with Crippen LogP contribution in [0, 0.1) is 5.92 Å². The molecule has 0 fully saturated rings. The van der Waals surface area contributed by atoms with E-state index < -0.39 is 5.97 Å². The number of aliphatic carboxylic acids is 1. The van der Waals surface area contributed by atoms with Gasteiger partial charge in [-0.2, -0.15) is 0 Å². The summed E-state index contributed by atoms with van der Waals surface area (Å²) in [6, 6.07) is 0. The average Bonchev–Trinajstić information content (AvgIpc) is 2.00. The van der Waals surface area contributed by atoms with Crippen molar-refractivity contribution in [1.82, 2.24) is 0 Å². The first-order valence-corrected chi connectivity index (χ1v) is 4.46. The fourth-order valence-corrected chi connectivity index (χ4v) is 0.975. The molecule has 0 aromatic rings. The van der Waals surface area contributed by atoms with Crippen molar-refractivity contribution >= 4 is 5.97 Å². The molecule has 1 atom stereocenters. The third-order valence-corrected chi connectivity index (χ3v) is 1.89. The molecule has 0 radical (unpaired) electrons. The summed E-state index contributed by atoms with van der Waals surface area (Å²) in [6.07, 6.45) is 4.89. The molecule has 0 aliphatic carbocycles. The molecule has 0 heterocycles. The van der Waals surface area contributed by atoms with Gasteiger partial charge in [-0.05, 0) is 19.8 Å². The number of hydrogen-bond acceptors (Lipinski definition) is 1. The Morgan fingerprint density at radius 1 is 1.58 bits per heavy atom. The van der Waals surface area contributed by atoms with Crippen molar-refractivity contribution in [3.05, 3.63) is 11.6 Å². The van der Waals surface area contributed by atoms with Crippen LogP contribution in [0.1, 0.15) is 40.0 Å². The van der Waals surface area contributed by atoms with Gasteiger partial charge in [-0.1, -0.05) is 31.9 Å². The monoisotopic (exact) mass is 170 g/mol. The Labute approximate surface area is 74.3 Å². The highest BCUT2D eigenvalue weighted by atomic mass is 16.4. The lowest BCUT2D eigenvalue weighted by Crippen LogP contribution is -2.07. The highest BCUT2D eigenvalue weighted by Gasteiger charge is 2.07. The predicted molar refractivity (Wildman–Crippen MR) is 50.1 cm³/mol. The maximum atomic E-state index is 10.4. The Kier molecular flexibility index (Phi) is 5.43. The van der Waals surface area contributed by atoms with Gasteiger partial charge in [-0.3, -0.25) is 4.79 Å². The third-order valence-electron chi connectivity index (χ3n) is 1.89. The smallest absolute Gasteiger partial charge is 0.306 e. The molecule has 70 valence electrons. The van der Waals surface area contributed by atoms with E-state index in [4.69, 9.17) is 5.11 Å². The van der Waals surface area contributed by atoms with E-state index in [0.717, 1.165) is 12.8 Å². The van der Waals surface area contributed by atoms with Crippen LogP contribution in [-0.4, -0.2) is 11.1 Å². The van der Waals surface area contributed by atoms with Gasteiger partial charge < -0.3 is 5.11 Å². The van der Waals surface area contributed by atoms with E-state index in [2.05, 4.69) is 13.8 Å². The van der Waals surface area contributed by atoms with Crippen LogP contribution in [0.2, 0.25) is 0 Å². The summed E-state index contributed by atoms with van der Waals surface area (Å²) >= 11 is 0. The Balaban J connectivity index is 3.78. The minimum Gasteiger partial charge on any atom is -0.481 e. The summed E-state index contributed by atoms with van der Waals surface area (Å²) in [5, 5.41) is 8.60. The second kappa shape index (κ2) is 5.81. The molecule has 0 spiro atoms. The van der Waals surface area contributed by atoms with E-state index >= 15 is 0 Å². The fraction of sp³-hybridized carbons (Fsp3) is 0.700. The summed E-state index contributed by atoms with van der Waals surface area (Å²) in [5.74, 6) is -0.965. The largest absolute Gasteiger partial charge is 0.481 e. The van der Waals surface area contributed by atoms with Crippen molar-refractivity contribution in [3.8, 4) is 0 Å². The molecule has 0 aliphatic rings. The fourth-order valence-electron chi connectivity index (χ4n) is 0.975. The summed E-state index contributed by atoms with van der Waals surface area (Å²) in [5.41, 5.74) is 1.30. The van der Waals surface area contributed by atoms with Gasteiger partial charge in [0.1, 0.15) is 0 Å². The van der Waals surface area contributed by atoms with Gasteiger partial charge in [0.25, 0.3) is 0 Å². The number of carbonyl (C=O) groups is 1. The van der Waals surface area contributed by atoms with Crippen LogP contribution in [0.4, 0.5) is 0 Å². The van der Waals surface area contributed by atoms with E-state index in [9.17, 15) is 4.79 Å².